The molecule has 10 nitrogen and oxygen atoms in total. The van der Waals surface area contributed by atoms with E-state index in [1.165, 1.54) is 44.2 Å². The van der Waals surface area contributed by atoms with Crippen molar-refractivity contribution in [1.82, 2.24) is 25.2 Å². The summed E-state index contributed by atoms with van der Waals surface area (Å²) in [5, 5.41) is 19.5. The third kappa shape index (κ3) is 5.32. The monoisotopic (exact) mass is 566 g/mol. The molecule has 3 atom stereocenters. The lowest BCUT2D eigenvalue weighted by atomic mass is 9.92. The SMILES string of the molecule is C=CCNC(=O)c1cnc(Nc2ccc(N3C[C@@H]4CN(C5CCC5)C[C@@H]4C3)cc2)nc1Nc1ccc2c(n1)C(O)CC2. The molecule has 7 rings (SSSR count). The molecule has 2 aliphatic carbocycles. The molecule has 0 bridgehead atoms. The molecule has 3 aromatic rings. The number of nitrogens with one attached hydrogen (secondary N) is 3. The highest BCUT2D eigenvalue weighted by Crippen LogP contribution is 2.38. The Bertz CT molecular complexity index is 1460. The number of hydrogen-bond donors (Lipinski definition) is 4. The summed E-state index contributed by atoms with van der Waals surface area (Å²) >= 11 is 0. The minimum atomic E-state index is -0.579. The lowest BCUT2D eigenvalue weighted by molar-refractivity contribution is 0.0958. The zero-order chi connectivity index (χ0) is 28.6. The van der Waals surface area contributed by atoms with Gasteiger partial charge in [0.1, 0.15) is 17.2 Å². The van der Waals surface area contributed by atoms with Crippen LogP contribution in [0, 0.1) is 11.8 Å². The van der Waals surface area contributed by atoms with Gasteiger partial charge in [-0.15, -0.1) is 6.58 Å². The van der Waals surface area contributed by atoms with Gasteiger partial charge in [0.2, 0.25) is 5.95 Å². The molecule has 3 fully saturated rings. The van der Waals surface area contributed by atoms with Crippen LogP contribution in [0.15, 0.2) is 55.3 Å². The molecule has 0 radical (unpaired) electrons. The van der Waals surface area contributed by atoms with Gasteiger partial charge in [-0.2, -0.15) is 4.98 Å². The maximum absolute atomic E-state index is 12.9. The minimum absolute atomic E-state index is 0.288. The van der Waals surface area contributed by atoms with Gasteiger partial charge in [-0.05, 0) is 73.4 Å². The van der Waals surface area contributed by atoms with Gasteiger partial charge in [0.25, 0.3) is 5.91 Å². The average Bonchev–Trinajstić information content (AvgIpc) is 3.65. The molecule has 2 saturated heterocycles. The van der Waals surface area contributed by atoms with E-state index >= 15 is 0 Å². The number of aliphatic hydroxyl groups is 1. The Morgan fingerprint density at radius 2 is 1.79 bits per heavy atom. The van der Waals surface area contributed by atoms with Gasteiger partial charge in [0.05, 0.1) is 11.8 Å². The van der Waals surface area contributed by atoms with Crippen LogP contribution in [-0.4, -0.2) is 69.6 Å². The molecule has 4 heterocycles. The number of carbonyl (C=O) groups excluding carboxylic acids is 1. The molecule has 10 heteroatoms. The van der Waals surface area contributed by atoms with E-state index in [0.29, 0.717) is 36.2 Å². The predicted octanol–water partition coefficient (Wildman–Crippen LogP) is 4.17. The first-order chi connectivity index (χ1) is 20.5. The highest BCUT2D eigenvalue weighted by Gasteiger charge is 2.42. The van der Waals surface area contributed by atoms with Crippen molar-refractivity contribution < 1.29 is 9.90 Å². The summed E-state index contributed by atoms with van der Waals surface area (Å²) in [5.74, 6) is 2.42. The Labute approximate surface area is 246 Å². The van der Waals surface area contributed by atoms with Crippen molar-refractivity contribution in [2.45, 2.75) is 44.2 Å². The fraction of sp³-hybridized carbons (Fsp3) is 0.438. The lowest BCUT2D eigenvalue weighted by Gasteiger charge is -2.35. The van der Waals surface area contributed by atoms with Gasteiger partial charge < -0.3 is 26.0 Å². The molecule has 1 saturated carbocycles. The first-order valence-corrected chi connectivity index (χ1v) is 15.1. The van der Waals surface area contributed by atoms with Gasteiger partial charge in [-0.3, -0.25) is 9.69 Å². The van der Waals surface area contributed by atoms with Crippen LogP contribution >= 0.6 is 0 Å². The van der Waals surface area contributed by atoms with Gasteiger partial charge in [0, 0.05) is 56.3 Å². The molecule has 1 unspecified atom stereocenters. The first kappa shape index (κ1) is 26.9. The zero-order valence-electron chi connectivity index (χ0n) is 23.8. The average molecular weight is 567 g/mol. The van der Waals surface area contributed by atoms with E-state index < -0.39 is 6.10 Å². The fourth-order valence-electron chi connectivity index (χ4n) is 6.76. The Morgan fingerprint density at radius 1 is 1.00 bits per heavy atom. The van der Waals surface area contributed by atoms with Crippen molar-refractivity contribution >= 4 is 34.9 Å². The Hall–Kier alpha value is -4.02. The maximum Gasteiger partial charge on any atom is 0.256 e. The van der Waals surface area contributed by atoms with Crippen LogP contribution in [0.25, 0.3) is 0 Å². The van der Waals surface area contributed by atoms with E-state index in [9.17, 15) is 9.90 Å². The van der Waals surface area contributed by atoms with Crippen LogP contribution in [0.2, 0.25) is 0 Å². The van der Waals surface area contributed by atoms with Gasteiger partial charge >= 0.3 is 0 Å². The molecule has 4 aliphatic rings. The van der Waals surface area contributed by atoms with Crippen LogP contribution in [0.5, 0.6) is 0 Å². The van der Waals surface area contributed by atoms with Crippen molar-refractivity contribution in [3.8, 4) is 0 Å². The van der Waals surface area contributed by atoms with E-state index in [-0.39, 0.29) is 11.5 Å². The Morgan fingerprint density at radius 3 is 2.50 bits per heavy atom. The standard InChI is InChI=1S/C32H38N8O2/c1-2-14-33-31(42)26-15-34-32(38-30(26)37-28-13-7-20-6-12-27(41)29(20)36-28)35-23-8-10-25(11-9-23)40-18-21-16-39(17-22(21)19-40)24-4-3-5-24/h2,7-11,13,15,21-22,24,27,41H,1,3-6,12,14,16-19H2,(H,33,42)(H2,34,35,36,37,38)/t21-,22+,27?. The molecular formula is C32H38N8O2. The van der Waals surface area contributed by atoms with Crippen molar-refractivity contribution in [2.75, 3.05) is 48.3 Å². The van der Waals surface area contributed by atoms with Crippen molar-refractivity contribution in [3.05, 3.63) is 72.1 Å². The van der Waals surface area contributed by atoms with Crippen molar-refractivity contribution in [2.24, 2.45) is 11.8 Å². The van der Waals surface area contributed by atoms with Crippen LogP contribution in [0.4, 0.5) is 29.0 Å². The summed E-state index contributed by atoms with van der Waals surface area (Å²) < 4.78 is 0. The number of aryl methyl sites for hydroxylation is 1. The third-order valence-corrected chi connectivity index (χ3v) is 9.30. The van der Waals surface area contributed by atoms with E-state index in [0.717, 1.165) is 48.6 Å². The third-order valence-electron chi connectivity index (χ3n) is 9.30. The number of hydrogen-bond acceptors (Lipinski definition) is 9. The van der Waals surface area contributed by atoms with E-state index in [4.69, 9.17) is 0 Å². The largest absolute Gasteiger partial charge is 0.387 e. The van der Waals surface area contributed by atoms with E-state index in [1.807, 2.05) is 12.1 Å². The molecule has 42 heavy (non-hydrogen) atoms. The second-order valence-corrected chi connectivity index (χ2v) is 12.0. The van der Waals surface area contributed by atoms with Gasteiger partial charge in [-0.1, -0.05) is 18.6 Å². The van der Waals surface area contributed by atoms with Crippen molar-refractivity contribution in [1.29, 1.82) is 0 Å². The topological polar surface area (TPSA) is 119 Å². The number of fused-ring (bicyclic) bond motifs is 2. The zero-order valence-corrected chi connectivity index (χ0v) is 23.8. The van der Waals surface area contributed by atoms with Crippen LogP contribution in [0.3, 0.4) is 0 Å². The summed E-state index contributed by atoms with van der Waals surface area (Å²) in [7, 11) is 0. The van der Waals surface area contributed by atoms with Crippen LogP contribution in [-0.2, 0) is 6.42 Å². The van der Waals surface area contributed by atoms with Crippen molar-refractivity contribution in [3.63, 3.8) is 0 Å². The number of benzene rings is 1. The number of anilines is 5. The number of rotatable bonds is 9. The molecule has 2 aromatic heterocycles. The van der Waals surface area contributed by atoms with Gasteiger partial charge in [-0.25, -0.2) is 9.97 Å². The summed E-state index contributed by atoms with van der Waals surface area (Å²) in [6.07, 6.45) is 8.19. The smallest absolute Gasteiger partial charge is 0.256 e. The van der Waals surface area contributed by atoms with Gasteiger partial charge in [0.15, 0.2) is 0 Å². The number of nitrogens with zero attached hydrogens (tertiary/aromatic N) is 5. The number of pyridine rings is 1. The molecule has 1 aromatic carbocycles. The van der Waals surface area contributed by atoms with Crippen LogP contribution in [0.1, 0.15) is 53.4 Å². The second-order valence-electron chi connectivity index (χ2n) is 12.0. The molecule has 4 N–H and O–H groups in total. The summed E-state index contributed by atoms with van der Waals surface area (Å²) in [5.41, 5.74) is 4.10. The molecular weight excluding hydrogens is 528 g/mol. The van der Waals surface area contributed by atoms with E-state index in [2.05, 4.69) is 71.5 Å². The maximum atomic E-state index is 12.9. The highest BCUT2D eigenvalue weighted by molar-refractivity contribution is 5.99. The first-order valence-electron chi connectivity index (χ1n) is 15.1. The molecule has 0 spiro atoms. The highest BCUT2D eigenvalue weighted by atomic mass is 16.3. The normalized spacial score (nSPS) is 23.3. The summed E-state index contributed by atoms with van der Waals surface area (Å²) in [4.78, 5) is 31.8. The van der Waals surface area contributed by atoms with E-state index in [1.54, 1.807) is 6.08 Å². The predicted molar refractivity (Wildman–Crippen MR) is 163 cm³/mol. The number of aromatic nitrogens is 3. The number of carbonyl (C=O) groups is 1. The summed E-state index contributed by atoms with van der Waals surface area (Å²) in [6, 6.07) is 13.1. The fourth-order valence-corrected chi connectivity index (χ4v) is 6.76. The molecule has 1 amide bonds. The quantitative estimate of drug-likeness (QED) is 0.283. The molecule has 218 valence electrons. The summed E-state index contributed by atoms with van der Waals surface area (Å²) in [6.45, 7) is 8.75. The lowest BCUT2D eigenvalue weighted by Crippen LogP contribution is -2.40. The molecule has 2 aliphatic heterocycles. The Kier molecular flexibility index (Phi) is 7.25. The number of amides is 1. The number of aliphatic hydroxyl groups excluding tert-OH is 1. The second kappa shape index (κ2) is 11.3. The number of likely N-dealkylation sites (tertiary alicyclic amines) is 1. The van der Waals surface area contributed by atoms with Crippen LogP contribution < -0.4 is 20.9 Å². The Balaban J connectivity index is 1.05. The minimum Gasteiger partial charge on any atom is -0.387 e.